The van der Waals surface area contributed by atoms with Gasteiger partial charge in [-0.3, -0.25) is 14.2 Å². The first-order valence-electron chi connectivity index (χ1n) is 6.14. The fourth-order valence-corrected chi connectivity index (χ4v) is 2.67. The highest BCUT2D eigenvalue weighted by Gasteiger charge is 2.14. The Labute approximate surface area is 135 Å². The minimum absolute atomic E-state index is 0.107. The van der Waals surface area contributed by atoms with Crippen molar-refractivity contribution >= 4 is 40.1 Å². The zero-order chi connectivity index (χ0) is 14.7. The van der Waals surface area contributed by atoms with Crippen molar-refractivity contribution in [3.05, 3.63) is 32.4 Å². The van der Waals surface area contributed by atoms with Crippen LogP contribution < -0.4 is 5.32 Å². The van der Waals surface area contributed by atoms with Gasteiger partial charge in [0.2, 0.25) is 0 Å². The Balaban J connectivity index is 1.80. The van der Waals surface area contributed by atoms with E-state index in [0.29, 0.717) is 17.3 Å². The Morgan fingerprint density at radius 2 is 2.30 bits per heavy atom. The van der Waals surface area contributed by atoms with Gasteiger partial charge in [-0.2, -0.15) is 10.2 Å². The van der Waals surface area contributed by atoms with Crippen LogP contribution in [0.4, 0.5) is 0 Å². The fraction of sp³-hybridized carbons (Fsp3) is 0.417. The topological polar surface area (TPSA) is 64.7 Å². The van der Waals surface area contributed by atoms with E-state index in [1.165, 1.54) is 0 Å². The molecule has 1 amide bonds. The summed E-state index contributed by atoms with van der Waals surface area (Å²) in [7, 11) is 1.76. The predicted molar refractivity (Wildman–Crippen MR) is 84.8 cm³/mol. The summed E-state index contributed by atoms with van der Waals surface area (Å²) in [5.74, 6) is -0.107. The molecular weight excluding hydrogens is 393 g/mol. The summed E-state index contributed by atoms with van der Waals surface area (Å²) in [6, 6.07) is 0. The van der Waals surface area contributed by atoms with Gasteiger partial charge in [0.25, 0.3) is 5.91 Å². The smallest absolute Gasteiger partial charge is 0.270 e. The first-order valence-corrected chi connectivity index (χ1v) is 7.60. The molecule has 0 aliphatic rings. The van der Waals surface area contributed by atoms with Gasteiger partial charge in [0.05, 0.1) is 20.5 Å². The summed E-state index contributed by atoms with van der Waals surface area (Å²) in [6.45, 7) is 3.16. The van der Waals surface area contributed by atoms with Gasteiger partial charge in [-0.05, 0) is 35.9 Å². The van der Waals surface area contributed by atoms with Crippen LogP contribution in [-0.2, 0) is 13.6 Å². The van der Waals surface area contributed by atoms with Crippen LogP contribution in [-0.4, -0.2) is 32.0 Å². The van der Waals surface area contributed by atoms with E-state index in [9.17, 15) is 4.79 Å². The third-order valence-electron chi connectivity index (χ3n) is 2.85. The van der Waals surface area contributed by atoms with E-state index >= 15 is 0 Å². The second-order valence-corrected chi connectivity index (χ2v) is 5.97. The van der Waals surface area contributed by atoms with Gasteiger partial charge < -0.3 is 5.32 Å². The Hall–Kier alpha value is -1.09. The van der Waals surface area contributed by atoms with Crippen molar-refractivity contribution in [2.45, 2.75) is 19.9 Å². The maximum Gasteiger partial charge on any atom is 0.270 e. The highest BCUT2D eigenvalue weighted by atomic mass is 127. The molecule has 0 aliphatic carbocycles. The van der Waals surface area contributed by atoms with Crippen LogP contribution in [0, 0.1) is 10.5 Å². The van der Waals surface area contributed by atoms with E-state index in [4.69, 9.17) is 11.6 Å². The normalized spacial score (nSPS) is 10.8. The minimum Gasteiger partial charge on any atom is -0.351 e. The molecule has 2 aromatic rings. The van der Waals surface area contributed by atoms with E-state index in [-0.39, 0.29) is 5.91 Å². The van der Waals surface area contributed by atoms with Crippen LogP contribution in [0.1, 0.15) is 22.6 Å². The van der Waals surface area contributed by atoms with Crippen molar-refractivity contribution in [1.82, 2.24) is 24.9 Å². The van der Waals surface area contributed by atoms with Crippen LogP contribution in [0.5, 0.6) is 0 Å². The molecule has 0 saturated carbocycles. The highest BCUT2D eigenvalue weighted by molar-refractivity contribution is 14.1. The number of carbonyl (C=O) groups is 1. The van der Waals surface area contributed by atoms with Gasteiger partial charge >= 0.3 is 0 Å². The number of hydrogen-bond acceptors (Lipinski definition) is 3. The molecule has 2 rings (SSSR count). The number of nitrogens with one attached hydrogen (secondary N) is 1. The van der Waals surface area contributed by atoms with Crippen LogP contribution in [0.15, 0.2) is 12.4 Å². The lowest BCUT2D eigenvalue weighted by Gasteiger charge is -2.06. The Bertz CT molecular complexity index is 582. The molecule has 0 aromatic carbocycles. The molecule has 108 valence electrons. The molecule has 2 aromatic heterocycles. The quantitative estimate of drug-likeness (QED) is 0.609. The standard InChI is InChI=1S/C12H15ClIN5O/c1-8-9(13)7-19(17-8)5-3-4-15-12(20)11-10(14)6-16-18(11)2/h6-7H,3-5H2,1-2H3,(H,15,20). The van der Waals surface area contributed by atoms with E-state index in [0.717, 1.165) is 22.2 Å². The van der Waals surface area contributed by atoms with Gasteiger partial charge in [-0.25, -0.2) is 0 Å². The zero-order valence-corrected chi connectivity index (χ0v) is 14.1. The maximum atomic E-state index is 12.0. The van der Waals surface area contributed by atoms with Crippen LogP contribution in [0.2, 0.25) is 5.02 Å². The highest BCUT2D eigenvalue weighted by Crippen LogP contribution is 2.12. The van der Waals surface area contributed by atoms with Crippen molar-refractivity contribution in [3.63, 3.8) is 0 Å². The third kappa shape index (κ3) is 3.51. The van der Waals surface area contributed by atoms with Gasteiger partial charge in [-0.1, -0.05) is 11.6 Å². The number of nitrogens with zero attached hydrogens (tertiary/aromatic N) is 4. The summed E-state index contributed by atoms with van der Waals surface area (Å²) >= 11 is 8.03. The first kappa shape index (κ1) is 15.3. The van der Waals surface area contributed by atoms with Crippen LogP contribution in [0.3, 0.4) is 0 Å². The minimum atomic E-state index is -0.107. The number of halogens is 2. The van der Waals surface area contributed by atoms with Crippen molar-refractivity contribution < 1.29 is 4.79 Å². The largest absolute Gasteiger partial charge is 0.351 e. The SMILES string of the molecule is Cc1nn(CCCNC(=O)c2c(I)cnn2C)cc1Cl. The van der Waals surface area contributed by atoms with Crippen molar-refractivity contribution in [2.24, 2.45) is 7.05 Å². The summed E-state index contributed by atoms with van der Waals surface area (Å²) in [5, 5.41) is 11.9. The number of carbonyl (C=O) groups excluding carboxylic acids is 1. The van der Waals surface area contributed by atoms with E-state index in [1.807, 2.05) is 6.92 Å². The molecule has 6 nitrogen and oxygen atoms in total. The average Bonchev–Trinajstić information content (AvgIpc) is 2.89. The van der Waals surface area contributed by atoms with Gasteiger partial charge in [-0.15, -0.1) is 0 Å². The number of amides is 1. The summed E-state index contributed by atoms with van der Waals surface area (Å²) < 4.78 is 4.21. The van der Waals surface area contributed by atoms with Crippen LogP contribution >= 0.6 is 34.2 Å². The molecule has 8 heteroatoms. The molecule has 20 heavy (non-hydrogen) atoms. The lowest BCUT2D eigenvalue weighted by Crippen LogP contribution is -2.28. The Morgan fingerprint density at radius 1 is 1.55 bits per heavy atom. The van der Waals surface area contributed by atoms with E-state index < -0.39 is 0 Å². The molecule has 1 N–H and O–H groups in total. The Kier molecular flexibility index (Phi) is 5.03. The van der Waals surface area contributed by atoms with Crippen molar-refractivity contribution in [2.75, 3.05) is 6.54 Å². The molecule has 0 spiro atoms. The number of aryl methyl sites for hydroxylation is 3. The number of rotatable bonds is 5. The van der Waals surface area contributed by atoms with E-state index in [2.05, 4.69) is 38.1 Å². The lowest BCUT2D eigenvalue weighted by atomic mass is 10.3. The summed E-state index contributed by atoms with van der Waals surface area (Å²) in [6.07, 6.45) is 4.25. The Morgan fingerprint density at radius 3 is 2.85 bits per heavy atom. The lowest BCUT2D eigenvalue weighted by molar-refractivity contribution is 0.0942. The maximum absolute atomic E-state index is 12.0. The van der Waals surface area contributed by atoms with Gasteiger partial charge in [0.15, 0.2) is 0 Å². The second-order valence-electron chi connectivity index (χ2n) is 4.40. The second kappa shape index (κ2) is 6.57. The zero-order valence-electron chi connectivity index (χ0n) is 11.2. The molecule has 0 radical (unpaired) electrons. The van der Waals surface area contributed by atoms with Crippen molar-refractivity contribution in [1.29, 1.82) is 0 Å². The molecule has 0 saturated heterocycles. The molecule has 0 atom stereocenters. The molecule has 0 bridgehead atoms. The van der Waals surface area contributed by atoms with Crippen molar-refractivity contribution in [3.8, 4) is 0 Å². The summed E-state index contributed by atoms with van der Waals surface area (Å²) in [5.41, 5.74) is 1.41. The molecule has 2 heterocycles. The van der Waals surface area contributed by atoms with Gasteiger partial charge in [0, 0.05) is 26.3 Å². The monoisotopic (exact) mass is 407 g/mol. The van der Waals surface area contributed by atoms with E-state index in [1.54, 1.807) is 28.8 Å². The average molecular weight is 408 g/mol. The predicted octanol–water partition coefficient (Wildman–Crippen LogP) is 2.00. The van der Waals surface area contributed by atoms with Crippen LogP contribution in [0.25, 0.3) is 0 Å². The third-order valence-corrected chi connectivity index (χ3v) is 4.01. The number of aromatic nitrogens is 4. The molecule has 0 fully saturated rings. The summed E-state index contributed by atoms with van der Waals surface area (Å²) in [4.78, 5) is 12.0. The molecular formula is C12H15ClIN5O. The fourth-order valence-electron chi connectivity index (χ4n) is 1.80. The number of hydrogen-bond donors (Lipinski definition) is 1. The molecule has 0 aliphatic heterocycles. The first-order chi connectivity index (χ1) is 9.49. The molecule has 0 unspecified atom stereocenters. The van der Waals surface area contributed by atoms with Gasteiger partial charge in [0.1, 0.15) is 5.69 Å².